The van der Waals surface area contributed by atoms with Crippen LogP contribution in [0.5, 0.6) is 0 Å². The third kappa shape index (κ3) is 8.33. The number of hydrogen-bond donors (Lipinski definition) is 2. The molecule has 0 aliphatic carbocycles. The van der Waals surface area contributed by atoms with E-state index in [-0.39, 0.29) is 36.2 Å². The van der Waals surface area contributed by atoms with Gasteiger partial charge in [0.15, 0.2) is 5.78 Å². The van der Waals surface area contributed by atoms with Gasteiger partial charge in [0, 0.05) is 30.3 Å². The molecule has 7 nitrogen and oxygen atoms in total. The number of likely N-dealkylation sites (tertiary alicyclic amines) is 1. The Hall–Kier alpha value is -2.25. The molecule has 0 radical (unpaired) electrons. The van der Waals surface area contributed by atoms with Crippen molar-refractivity contribution >= 4 is 23.3 Å². The van der Waals surface area contributed by atoms with E-state index in [9.17, 15) is 14.4 Å². The Morgan fingerprint density at radius 1 is 1.21 bits per heavy atom. The first-order chi connectivity index (χ1) is 13.8. The summed E-state index contributed by atoms with van der Waals surface area (Å²) in [5.74, 6) is -0.0417. The Bertz CT molecular complexity index is 697. The molecule has 1 aromatic rings. The fourth-order valence-electron chi connectivity index (χ4n) is 3.32. The monoisotopic (exact) mass is 403 g/mol. The first kappa shape index (κ1) is 23.0. The fourth-order valence-corrected chi connectivity index (χ4v) is 3.32. The number of nitrogens with one attached hydrogen (secondary N) is 2. The molecule has 0 atom stereocenters. The summed E-state index contributed by atoms with van der Waals surface area (Å²) in [5.41, 5.74) is 1.20. The molecular weight excluding hydrogens is 370 g/mol. The number of piperidine rings is 1. The highest BCUT2D eigenvalue weighted by atomic mass is 16.5. The van der Waals surface area contributed by atoms with Crippen LogP contribution in [0.3, 0.4) is 0 Å². The lowest BCUT2D eigenvalue weighted by atomic mass is 9.96. The summed E-state index contributed by atoms with van der Waals surface area (Å²) in [4.78, 5) is 38.1. The van der Waals surface area contributed by atoms with Gasteiger partial charge in [0.2, 0.25) is 11.8 Å². The molecular formula is C22H33N3O4. The van der Waals surface area contributed by atoms with E-state index in [1.807, 2.05) is 13.8 Å². The number of nitrogens with zero attached hydrogens (tertiary/aromatic N) is 1. The first-order valence-electron chi connectivity index (χ1n) is 10.4. The molecule has 0 bridgehead atoms. The molecule has 1 saturated heterocycles. The maximum absolute atomic E-state index is 12.3. The minimum atomic E-state index is -0.112. The van der Waals surface area contributed by atoms with Gasteiger partial charge in [0.1, 0.15) is 0 Å². The topological polar surface area (TPSA) is 87.7 Å². The summed E-state index contributed by atoms with van der Waals surface area (Å²) in [7, 11) is 0. The second-order valence-corrected chi connectivity index (χ2v) is 7.80. The highest BCUT2D eigenvalue weighted by Crippen LogP contribution is 2.17. The zero-order valence-electron chi connectivity index (χ0n) is 17.7. The summed E-state index contributed by atoms with van der Waals surface area (Å²) < 4.78 is 5.47. The quantitative estimate of drug-likeness (QED) is 0.463. The van der Waals surface area contributed by atoms with Gasteiger partial charge in [0.05, 0.1) is 12.6 Å². The van der Waals surface area contributed by atoms with E-state index in [2.05, 4.69) is 15.5 Å². The van der Waals surface area contributed by atoms with Gasteiger partial charge in [-0.1, -0.05) is 12.1 Å². The number of anilines is 1. The number of carbonyl (C=O) groups excluding carboxylic acids is 3. The van der Waals surface area contributed by atoms with Crippen LogP contribution >= 0.6 is 0 Å². The smallest absolute Gasteiger partial charge is 0.238 e. The predicted molar refractivity (Wildman–Crippen MR) is 113 cm³/mol. The molecule has 1 aromatic carbocycles. The van der Waals surface area contributed by atoms with Crippen molar-refractivity contribution in [3.05, 3.63) is 29.8 Å². The number of ether oxygens (including phenoxy) is 1. The molecule has 1 fully saturated rings. The van der Waals surface area contributed by atoms with E-state index < -0.39 is 0 Å². The van der Waals surface area contributed by atoms with Crippen molar-refractivity contribution in [3.63, 3.8) is 0 Å². The van der Waals surface area contributed by atoms with Crippen LogP contribution in [0.15, 0.2) is 24.3 Å². The molecule has 1 aliphatic heterocycles. The normalized spacial score (nSPS) is 15.3. The van der Waals surface area contributed by atoms with Crippen LogP contribution in [0.25, 0.3) is 0 Å². The third-order valence-corrected chi connectivity index (χ3v) is 4.95. The minimum Gasteiger partial charge on any atom is -0.379 e. The number of rotatable bonds is 10. The van der Waals surface area contributed by atoms with E-state index in [4.69, 9.17) is 4.74 Å². The summed E-state index contributed by atoms with van der Waals surface area (Å²) in [6.07, 6.45) is 2.53. The maximum atomic E-state index is 12.3. The van der Waals surface area contributed by atoms with Crippen LogP contribution in [-0.2, 0) is 14.3 Å². The van der Waals surface area contributed by atoms with E-state index >= 15 is 0 Å². The van der Waals surface area contributed by atoms with Crippen LogP contribution in [0.2, 0.25) is 0 Å². The number of benzene rings is 1. The van der Waals surface area contributed by atoms with Crippen LogP contribution in [0.4, 0.5) is 5.69 Å². The van der Waals surface area contributed by atoms with Gasteiger partial charge in [-0.2, -0.15) is 0 Å². The molecule has 2 amide bonds. The van der Waals surface area contributed by atoms with Gasteiger partial charge in [0.25, 0.3) is 0 Å². The van der Waals surface area contributed by atoms with Gasteiger partial charge in [-0.15, -0.1) is 0 Å². The molecule has 2 rings (SSSR count). The van der Waals surface area contributed by atoms with Gasteiger partial charge in [-0.05, 0) is 65.3 Å². The third-order valence-electron chi connectivity index (χ3n) is 4.95. The summed E-state index contributed by atoms with van der Waals surface area (Å²) in [6.45, 7) is 8.50. The summed E-state index contributed by atoms with van der Waals surface area (Å²) in [5, 5.41) is 5.83. The second-order valence-electron chi connectivity index (χ2n) is 7.80. The Morgan fingerprint density at radius 3 is 2.59 bits per heavy atom. The lowest BCUT2D eigenvalue weighted by Gasteiger charge is -2.30. The highest BCUT2D eigenvalue weighted by molar-refractivity contribution is 5.97. The van der Waals surface area contributed by atoms with Crippen molar-refractivity contribution < 1.29 is 19.1 Å². The van der Waals surface area contributed by atoms with Gasteiger partial charge in [-0.25, -0.2) is 0 Å². The summed E-state index contributed by atoms with van der Waals surface area (Å²) in [6, 6.07) is 6.94. The SMILES string of the molecule is CC(=O)c1cccc(NC(=O)CN2CCC(C(=O)NCCCOC(C)C)CC2)c1. The molecule has 0 aromatic heterocycles. The van der Waals surface area contributed by atoms with Crippen molar-refractivity contribution in [2.24, 2.45) is 5.92 Å². The number of ketones is 1. The molecule has 160 valence electrons. The highest BCUT2D eigenvalue weighted by Gasteiger charge is 2.25. The Morgan fingerprint density at radius 2 is 1.93 bits per heavy atom. The molecule has 0 spiro atoms. The molecule has 1 aliphatic rings. The van der Waals surface area contributed by atoms with Gasteiger partial charge >= 0.3 is 0 Å². The fraction of sp³-hybridized carbons (Fsp3) is 0.591. The molecule has 7 heteroatoms. The number of amides is 2. The van der Waals surface area contributed by atoms with Crippen molar-refractivity contribution in [2.75, 3.05) is 38.1 Å². The largest absolute Gasteiger partial charge is 0.379 e. The Kier molecular flexibility index (Phi) is 9.28. The predicted octanol–water partition coefficient (Wildman–Crippen LogP) is 2.47. The van der Waals surface area contributed by atoms with Crippen LogP contribution in [0, 0.1) is 5.92 Å². The van der Waals surface area contributed by atoms with Crippen molar-refractivity contribution in [3.8, 4) is 0 Å². The number of hydrogen-bond acceptors (Lipinski definition) is 5. The maximum Gasteiger partial charge on any atom is 0.238 e. The van der Waals surface area contributed by atoms with Crippen LogP contribution in [-0.4, -0.2) is 61.4 Å². The van der Waals surface area contributed by atoms with E-state index in [1.54, 1.807) is 24.3 Å². The standard InChI is InChI=1S/C22H33N3O4/c1-16(2)29-13-5-10-23-22(28)18-8-11-25(12-9-18)15-21(27)24-20-7-4-6-19(14-20)17(3)26/h4,6-7,14,16,18H,5,8-13,15H2,1-3H3,(H,23,28)(H,24,27). The van der Waals surface area contributed by atoms with Crippen molar-refractivity contribution in [2.45, 2.75) is 46.1 Å². The summed E-state index contributed by atoms with van der Waals surface area (Å²) >= 11 is 0. The molecule has 0 saturated carbocycles. The number of Topliss-reactive ketones (excluding diaryl/α,β-unsaturated/α-hetero) is 1. The van der Waals surface area contributed by atoms with E-state index in [0.717, 1.165) is 32.4 Å². The van der Waals surface area contributed by atoms with Crippen molar-refractivity contribution in [1.82, 2.24) is 10.2 Å². The average molecular weight is 404 g/mol. The zero-order valence-corrected chi connectivity index (χ0v) is 17.7. The van der Waals surface area contributed by atoms with Crippen LogP contribution < -0.4 is 10.6 Å². The van der Waals surface area contributed by atoms with Gasteiger partial charge < -0.3 is 15.4 Å². The van der Waals surface area contributed by atoms with E-state index in [0.29, 0.717) is 24.4 Å². The minimum absolute atomic E-state index is 0.00702. The number of carbonyl (C=O) groups is 3. The first-order valence-corrected chi connectivity index (χ1v) is 10.4. The molecule has 29 heavy (non-hydrogen) atoms. The van der Waals surface area contributed by atoms with Gasteiger partial charge in [-0.3, -0.25) is 19.3 Å². The molecule has 2 N–H and O–H groups in total. The Balaban J connectivity index is 1.67. The molecule has 1 heterocycles. The lowest BCUT2D eigenvalue weighted by Crippen LogP contribution is -2.43. The van der Waals surface area contributed by atoms with Crippen LogP contribution in [0.1, 0.15) is 50.4 Å². The van der Waals surface area contributed by atoms with Crippen molar-refractivity contribution in [1.29, 1.82) is 0 Å². The Labute approximate surface area is 173 Å². The second kappa shape index (κ2) is 11.7. The lowest BCUT2D eigenvalue weighted by molar-refractivity contribution is -0.126. The van der Waals surface area contributed by atoms with E-state index in [1.165, 1.54) is 6.92 Å². The zero-order chi connectivity index (χ0) is 21.2. The molecule has 0 unspecified atom stereocenters. The average Bonchev–Trinajstić information content (AvgIpc) is 2.68.